The zero-order valence-corrected chi connectivity index (χ0v) is 17.0. The van der Waals surface area contributed by atoms with Crippen molar-refractivity contribution in [1.82, 2.24) is 10.2 Å². The van der Waals surface area contributed by atoms with Crippen molar-refractivity contribution in [2.24, 2.45) is 10.2 Å². The lowest BCUT2D eigenvalue weighted by Crippen LogP contribution is -2.37. The number of azo groups is 1. The summed E-state index contributed by atoms with van der Waals surface area (Å²) in [4.78, 5) is 27.0. The third-order valence-electron chi connectivity index (χ3n) is 6.24. The van der Waals surface area contributed by atoms with E-state index in [1.54, 1.807) is 0 Å². The van der Waals surface area contributed by atoms with Gasteiger partial charge in [0.25, 0.3) is 11.8 Å². The quantitative estimate of drug-likeness (QED) is 0.800. The molecular weight excluding hydrogens is 364 g/mol. The predicted octanol–water partition coefficient (Wildman–Crippen LogP) is 3.68. The van der Waals surface area contributed by atoms with E-state index in [0.29, 0.717) is 18.5 Å². The largest absolute Gasteiger partial charge is 0.351 e. The van der Waals surface area contributed by atoms with Crippen molar-refractivity contribution in [2.75, 3.05) is 26.2 Å². The van der Waals surface area contributed by atoms with E-state index in [4.69, 9.17) is 0 Å². The van der Waals surface area contributed by atoms with Crippen LogP contribution in [0.25, 0.3) is 0 Å². The fraction of sp³-hybridized carbons (Fsp3) is 0.565. The lowest BCUT2D eigenvalue weighted by atomic mass is 9.84. The van der Waals surface area contributed by atoms with Crippen LogP contribution in [0.1, 0.15) is 60.9 Å². The molecule has 0 aromatic heterocycles. The van der Waals surface area contributed by atoms with Crippen molar-refractivity contribution < 1.29 is 9.59 Å². The van der Waals surface area contributed by atoms with Crippen molar-refractivity contribution in [2.45, 2.75) is 57.4 Å². The van der Waals surface area contributed by atoms with Crippen molar-refractivity contribution in [3.63, 3.8) is 0 Å². The molecule has 1 atom stereocenters. The van der Waals surface area contributed by atoms with Crippen molar-refractivity contribution in [1.29, 1.82) is 0 Å². The SMILES string of the molecule is O=C1N=NC(Cc2cccc(C(=O)NCCN3CCCCC3)c2)C2=C1CCCC2. The molecule has 6 heteroatoms. The normalized spacial score (nSPS) is 22.5. The topological polar surface area (TPSA) is 74.1 Å². The molecule has 0 bridgehead atoms. The molecular formula is C23H30N4O2. The fourth-order valence-electron chi connectivity index (χ4n) is 4.63. The summed E-state index contributed by atoms with van der Waals surface area (Å²) in [6.07, 6.45) is 8.45. The second-order valence-electron chi connectivity index (χ2n) is 8.31. The first kappa shape index (κ1) is 20.0. The predicted molar refractivity (Wildman–Crippen MR) is 112 cm³/mol. The van der Waals surface area contributed by atoms with Crippen LogP contribution in [-0.2, 0) is 11.2 Å². The number of nitrogens with one attached hydrogen (secondary N) is 1. The summed E-state index contributed by atoms with van der Waals surface area (Å²) < 4.78 is 0. The molecule has 1 aromatic rings. The fourth-order valence-corrected chi connectivity index (χ4v) is 4.63. The number of hydrogen-bond acceptors (Lipinski definition) is 4. The molecule has 1 N–H and O–H groups in total. The van der Waals surface area contributed by atoms with E-state index in [-0.39, 0.29) is 17.9 Å². The zero-order valence-electron chi connectivity index (χ0n) is 17.0. The number of likely N-dealkylation sites (tertiary alicyclic amines) is 1. The van der Waals surface area contributed by atoms with Crippen LogP contribution in [0.2, 0.25) is 0 Å². The van der Waals surface area contributed by atoms with Crippen molar-refractivity contribution in [3.05, 3.63) is 46.5 Å². The number of piperidine rings is 1. The zero-order chi connectivity index (χ0) is 20.1. The molecule has 0 saturated carbocycles. The Hall–Kier alpha value is -2.34. The van der Waals surface area contributed by atoms with E-state index in [0.717, 1.165) is 62.0 Å². The van der Waals surface area contributed by atoms with Crippen LogP contribution < -0.4 is 5.32 Å². The first-order chi connectivity index (χ1) is 14.2. The standard InChI is InChI=1S/C23H30N4O2/c28-22(24-11-14-27-12-4-1-5-13-27)18-8-6-7-17(15-18)16-21-19-9-2-3-10-20(19)23(29)26-25-21/h6-8,15,21H,1-5,9-14,16H2,(H,24,28). The molecule has 1 fully saturated rings. The van der Waals surface area contributed by atoms with Gasteiger partial charge in [-0.3, -0.25) is 9.59 Å². The van der Waals surface area contributed by atoms with Gasteiger partial charge in [-0.25, -0.2) is 0 Å². The van der Waals surface area contributed by atoms with Crippen LogP contribution in [0.3, 0.4) is 0 Å². The van der Waals surface area contributed by atoms with Gasteiger partial charge in [0, 0.05) is 30.6 Å². The van der Waals surface area contributed by atoms with Crippen LogP contribution in [0.15, 0.2) is 45.6 Å². The van der Waals surface area contributed by atoms with Gasteiger partial charge in [0.15, 0.2) is 0 Å². The van der Waals surface area contributed by atoms with Crippen LogP contribution in [0.5, 0.6) is 0 Å². The summed E-state index contributed by atoms with van der Waals surface area (Å²) in [5.41, 5.74) is 3.78. The Morgan fingerprint density at radius 3 is 2.79 bits per heavy atom. The summed E-state index contributed by atoms with van der Waals surface area (Å²) in [5.74, 6) is -0.181. The highest BCUT2D eigenvalue weighted by Crippen LogP contribution is 2.33. The van der Waals surface area contributed by atoms with E-state index in [1.807, 2.05) is 24.3 Å². The highest BCUT2D eigenvalue weighted by atomic mass is 16.2. The Morgan fingerprint density at radius 2 is 1.93 bits per heavy atom. The van der Waals surface area contributed by atoms with E-state index in [9.17, 15) is 9.59 Å². The summed E-state index contributed by atoms with van der Waals surface area (Å²) in [6, 6.07) is 7.69. The number of carbonyl (C=O) groups is 2. The van der Waals surface area contributed by atoms with Crippen molar-refractivity contribution in [3.8, 4) is 0 Å². The maximum atomic E-state index is 12.6. The second-order valence-corrected chi connectivity index (χ2v) is 8.31. The highest BCUT2D eigenvalue weighted by molar-refractivity contribution is 5.96. The van der Waals surface area contributed by atoms with Gasteiger partial charge in [-0.1, -0.05) is 18.6 Å². The molecule has 2 heterocycles. The Labute approximate surface area is 172 Å². The first-order valence-electron chi connectivity index (χ1n) is 11.0. The minimum Gasteiger partial charge on any atom is -0.351 e. The van der Waals surface area contributed by atoms with E-state index >= 15 is 0 Å². The maximum absolute atomic E-state index is 12.6. The average molecular weight is 395 g/mol. The Kier molecular flexibility index (Phi) is 6.49. The highest BCUT2D eigenvalue weighted by Gasteiger charge is 2.29. The molecule has 3 aliphatic rings. The number of nitrogens with zero attached hydrogens (tertiary/aromatic N) is 3. The lowest BCUT2D eigenvalue weighted by molar-refractivity contribution is -0.115. The van der Waals surface area contributed by atoms with E-state index in [1.165, 1.54) is 19.3 Å². The van der Waals surface area contributed by atoms with Crippen LogP contribution in [0.4, 0.5) is 0 Å². The van der Waals surface area contributed by atoms with Crippen molar-refractivity contribution >= 4 is 11.8 Å². The molecule has 2 aliphatic heterocycles. The molecule has 2 amide bonds. The summed E-state index contributed by atoms with van der Waals surface area (Å²) in [5, 5.41) is 11.2. The molecule has 0 radical (unpaired) electrons. The third-order valence-corrected chi connectivity index (χ3v) is 6.24. The molecule has 1 aromatic carbocycles. The third kappa shape index (κ3) is 4.99. The Balaban J connectivity index is 1.35. The summed E-state index contributed by atoms with van der Waals surface area (Å²) in [7, 11) is 0. The molecule has 1 aliphatic carbocycles. The Morgan fingerprint density at radius 1 is 1.10 bits per heavy atom. The van der Waals surface area contributed by atoms with Gasteiger partial charge >= 0.3 is 0 Å². The number of benzene rings is 1. The number of hydrogen-bond donors (Lipinski definition) is 1. The molecule has 1 unspecified atom stereocenters. The smallest absolute Gasteiger partial charge is 0.291 e. The minimum absolute atomic E-state index is 0.0260. The van der Waals surface area contributed by atoms with Gasteiger partial charge in [0.1, 0.15) is 0 Å². The number of amides is 2. The second kappa shape index (κ2) is 9.44. The number of carbonyl (C=O) groups excluding carboxylic acids is 2. The number of rotatable bonds is 6. The van der Waals surface area contributed by atoms with Gasteiger partial charge in [0.2, 0.25) is 0 Å². The molecule has 6 nitrogen and oxygen atoms in total. The molecule has 0 spiro atoms. The van der Waals surface area contributed by atoms with Gasteiger partial charge in [-0.2, -0.15) is 5.11 Å². The average Bonchev–Trinajstić information content (AvgIpc) is 2.77. The molecule has 154 valence electrons. The van der Waals surface area contributed by atoms with E-state index < -0.39 is 0 Å². The van der Waals surface area contributed by atoms with Crippen LogP contribution in [-0.4, -0.2) is 48.9 Å². The summed E-state index contributed by atoms with van der Waals surface area (Å²) in [6.45, 7) is 3.88. The van der Waals surface area contributed by atoms with Crippen LogP contribution in [0, 0.1) is 0 Å². The summed E-state index contributed by atoms with van der Waals surface area (Å²) >= 11 is 0. The first-order valence-corrected chi connectivity index (χ1v) is 11.0. The maximum Gasteiger partial charge on any atom is 0.291 e. The van der Waals surface area contributed by atoms with E-state index in [2.05, 4.69) is 20.4 Å². The molecule has 29 heavy (non-hydrogen) atoms. The molecule has 1 saturated heterocycles. The van der Waals surface area contributed by atoms with Gasteiger partial charge < -0.3 is 10.2 Å². The lowest BCUT2D eigenvalue weighted by Gasteiger charge is -2.26. The minimum atomic E-state index is -0.155. The van der Waals surface area contributed by atoms with Gasteiger partial charge in [-0.15, -0.1) is 5.11 Å². The monoisotopic (exact) mass is 394 g/mol. The molecule has 4 rings (SSSR count). The van der Waals surface area contributed by atoms with Gasteiger partial charge in [0.05, 0.1) is 6.04 Å². The van der Waals surface area contributed by atoms with Crippen LogP contribution >= 0.6 is 0 Å². The van der Waals surface area contributed by atoms with Gasteiger partial charge in [-0.05, 0) is 74.9 Å². The Bertz CT molecular complexity index is 824.